The van der Waals surface area contributed by atoms with Gasteiger partial charge in [-0.2, -0.15) is 0 Å². The van der Waals surface area contributed by atoms with Crippen LogP contribution in [0.15, 0.2) is 36.3 Å². The Bertz CT molecular complexity index is 419. The van der Waals surface area contributed by atoms with E-state index >= 15 is 0 Å². The number of nitrogens with two attached hydrogens (primary N) is 1. The molecule has 78 valence electrons. The zero-order chi connectivity index (χ0) is 10.7. The van der Waals surface area contributed by atoms with Gasteiger partial charge in [-0.1, -0.05) is 12.2 Å². The number of hydrogen-bond donors (Lipinski definition) is 2. The highest BCUT2D eigenvalue weighted by Gasteiger charge is 2.03. The number of nitrogen functional groups attached to an aromatic ring is 1. The summed E-state index contributed by atoms with van der Waals surface area (Å²) in [6.45, 7) is 1.99. The molecule has 0 unspecified atom stereocenters. The molecule has 1 aromatic rings. The Morgan fingerprint density at radius 2 is 2.20 bits per heavy atom. The number of nitrogens with one attached hydrogen (secondary N) is 1. The Morgan fingerprint density at radius 3 is 2.93 bits per heavy atom. The second-order valence-corrected chi connectivity index (χ2v) is 3.67. The summed E-state index contributed by atoms with van der Waals surface area (Å²) >= 11 is 0. The molecular weight excluding hydrogens is 186 g/mol. The fourth-order valence-electron chi connectivity index (χ4n) is 1.53. The van der Waals surface area contributed by atoms with Crippen LogP contribution < -0.4 is 11.1 Å². The summed E-state index contributed by atoms with van der Waals surface area (Å²) in [7, 11) is 0. The average molecular weight is 201 g/mol. The predicted molar refractivity (Wildman–Crippen MR) is 63.5 cm³/mol. The van der Waals surface area contributed by atoms with Gasteiger partial charge in [-0.05, 0) is 31.4 Å². The molecule has 3 N–H and O–H groups in total. The van der Waals surface area contributed by atoms with Gasteiger partial charge >= 0.3 is 0 Å². The highest BCUT2D eigenvalue weighted by molar-refractivity contribution is 5.63. The van der Waals surface area contributed by atoms with Crippen molar-refractivity contribution in [3.63, 3.8) is 0 Å². The summed E-state index contributed by atoms with van der Waals surface area (Å²) in [6, 6.07) is 0. The SMILES string of the molecule is Cc1c(N)cncc1NC1=CCCC=C1. The van der Waals surface area contributed by atoms with Crippen molar-refractivity contribution in [2.24, 2.45) is 0 Å². The van der Waals surface area contributed by atoms with E-state index in [9.17, 15) is 0 Å². The Balaban J connectivity index is 2.20. The lowest BCUT2D eigenvalue weighted by molar-refractivity contribution is 1.02. The van der Waals surface area contributed by atoms with Crippen LogP contribution in [0.25, 0.3) is 0 Å². The quantitative estimate of drug-likeness (QED) is 0.773. The fraction of sp³-hybridized carbons (Fsp3) is 0.250. The van der Waals surface area contributed by atoms with Crippen LogP contribution in [0, 0.1) is 6.92 Å². The van der Waals surface area contributed by atoms with E-state index in [-0.39, 0.29) is 0 Å². The number of hydrogen-bond acceptors (Lipinski definition) is 3. The summed E-state index contributed by atoms with van der Waals surface area (Å²) in [5.41, 5.74) is 9.66. The summed E-state index contributed by atoms with van der Waals surface area (Å²) in [5, 5.41) is 3.32. The summed E-state index contributed by atoms with van der Waals surface area (Å²) in [6.07, 6.45) is 12.1. The van der Waals surface area contributed by atoms with Crippen molar-refractivity contribution in [3.8, 4) is 0 Å². The molecule has 0 aliphatic heterocycles. The van der Waals surface area contributed by atoms with Crippen LogP contribution in [0.4, 0.5) is 11.4 Å². The monoisotopic (exact) mass is 201 g/mol. The van der Waals surface area contributed by atoms with Crippen molar-refractivity contribution >= 4 is 11.4 Å². The van der Waals surface area contributed by atoms with Gasteiger partial charge in [0.15, 0.2) is 0 Å². The van der Waals surface area contributed by atoms with E-state index in [1.165, 1.54) is 0 Å². The van der Waals surface area contributed by atoms with Crippen molar-refractivity contribution in [1.29, 1.82) is 0 Å². The van der Waals surface area contributed by atoms with Gasteiger partial charge in [0, 0.05) is 5.70 Å². The summed E-state index contributed by atoms with van der Waals surface area (Å²) in [5.74, 6) is 0. The van der Waals surface area contributed by atoms with Crippen LogP contribution in [0.2, 0.25) is 0 Å². The van der Waals surface area contributed by atoms with Crippen molar-refractivity contribution < 1.29 is 0 Å². The Labute approximate surface area is 89.7 Å². The van der Waals surface area contributed by atoms with Crippen molar-refractivity contribution in [2.75, 3.05) is 11.1 Å². The highest BCUT2D eigenvalue weighted by Crippen LogP contribution is 2.21. The lowest BCUT2D eigenvalue weighted by Crippen LogP contribution is -2.03. The van der Waals surface area contributed by atoms with Gasteiger partial charge in [0.2, 0.25) is 0 Å². The third-order valence-electron chi connectivity index (χ3n) is 2.53. The van der Waals surface area contributed by atoms with Gasteiger partial charge in [-0.25, -0.2) is 0 Å². The molecule has 3 nitrogen and oxygen atoms in total. The van der Waals surface area contributed by atoms with E-state index in [4.69, 9.17) is 5.73 Å². The molecular formula is C12H15N3. The average Bonchev–Trinajstić information content (AvgIpc) is 2.26. The number of nitrogens with zero attached hydrogens (tertiary/aromatic N) is 1. The number of rotatable bonds is 2. The molecule has 0 saturated carbocycles. The lowest BCUT2D eigenvalue weighted by atomic mass is 10.1. The number of aromatic nitrogens is 1. The molecule has 1 aliphatic carbocycles. The molecule has 15 heavy (non-hydrogen) atoms. The molecule has 0 bridgehead atoms. The molecule has 2 rings (SSSR count). The molecule has 0 fully saturated rings. The maximum Gasteiger partial charge on any atom is 0.0621 e. The zero-order valence-corrected chi connectivity index (χ0v) is 8.83. The Kier molecular flexibility index (Phi) is 2.72. The van der Waals surface area contributed by atoms with E-state index in [0.29, 0.717) is 0 Å². The molecule has 0 amide bonds. The number of anilines is 2. The van der Waals surface area contributed by atoms with Crippen molar-refractivity contribution in [3.05, 3.63) is 41.9 Å². The summed E-state index contributed by atoms with van der Waals surface area (Å²) < 4.78 is 0. The topological polar surface area (TPSA) is 50.9 Å². The van der Waals surface area contributed by atoms with Gasteiger partial charge in [0.1, 0.15) is 0 Å². The van der Waals surface area contributed by atoms with Crippen LogP contribution >= 0.6 is 0 Å². The van der Waals surface area contributed by atoms with Gasteiger partial charge in [0.25, 0.3) is 0 Å². The van der Waals surface area contributed by atoms with Crippen LogP contribution in [-0.2, 0) is 0 Å². The normalized spacial score (nSPS) is 14.9. The first-order chi connectivity index (χ1) is 7.27. The van der Waals surface area contributed by atoms with Crippen LogP contribution in [0.1, 0.15) is 18.4 Å². The van der Waals surface area contributed by atoms with Crippen LogP contribution in [-0.4, -0.2) is 4.98 Å². The first-order valence-electron chi connectivity index (χ1n) is 5.11. The van der Waals surface area contributed by atoms with E-state index < -0.39 is 0 Å². The highest BCUT2D eigenvalue weighted by atomic mass is 14.9. The molecule has 0 saturated heterocycles. The van der Waals surface area contributed by atoms with Crippen LogP contribution in [0.3, 0.4) is 0 Å². The second kappa shape index (κ2) is 4.17. The van der Waals surface area contributed by atoms with Gasteiger partial charge in [-0.3, -0.25) is 4.98 Å². The third kappa shape index (κ3) is 2.18. The van der Waals surface area contributed by atoms with Crippen molar-refractivity contribution in [1.82, 2.24) is 4.98 Å². The minimum absolute atomic E-state index is 0.723. The van der Waals surface area contributed by atoms with E-state index in [1.54, 1.807) is 12.4 Å². The first kappa shape index (κ1) is 9.77. The van der Waals surface area contributed by atoms with E-state index in [0.717, 1.165) is 35.5 Å². The smallest absolute Gasteiger partial charge is 0.0621 e. The number of pyridine rings is 1. The van der Waals surface area contributed by atoms with Gasteiger partial charge in [0.05, 0.1) is 23.8 Å². The first-order valence-corrected chi connectivity index (χ1v) is 5.11. The fourth-order valence-corrected chi connectivity index (χ4v) is 1.53. The van der Waals surface area contributed by atoms with Crippen LogP contribution in [0.5, 0.6) is 0 Å². The van der Waals surface area contributed by atoms with E-state index in [2.05, 4.69) is 28.5 Å². The molecule has 1 aliphatic rings. The third-order valence-corrected chi connectivity index (χ3v) is 2.53. The largest absolute Gasteiger partial charge is 0.397 e. The molecule has 1 heterocycles. The van der Waals surface area contributed by atoms with Gasteiger partial charge in [-0.15, -0.1) is 0 Å². The minimum Gasteiger partial charge on any atom is -0.397 e. The standard InChI is InChI=1S/C12H15N3/c1-9-11(13)7-14-8-12(9)15-10-5-3-2-4-6-10/h3,5-8,15H,2,4,13H2,1H3. The molecule has 0 atom stereocenters. The zero-order valence-electron chi connectivity index (χ0n) is 8.83. The maximum atomic E-state index is 5.79. The molecule has 0 spiro atoms. The lowest BCUT2D eigenvalue weighted by Gasteiger charge is -2.13. The summed E-state index contributed by atoms with van der Waals surface area (Å²) in [4.78, 5) is 4.07. The molecule has 0 aromatic carbocycles. The number of allylic oxidation sites excluding steroid dienone is 3. The predicted octanol–water partition coefficient (Wildman–Crippen LogP) is 2.62. The minimum atomic E-state index is 0.723. The Hall–Kier alpha value is -1.77. The Morgan fingerprint density at radius 1 is 1.33 bits per heavy atom. The van der Waals surface area contributed by atoms with E-state index in [1.807, 2.05) is 6.92 Å². The second-order valence-electron chi connectivity index (χ2n) is 3.67. The van der Waals surface area contributed by atoms with Gasteiger partial charge < -0.3 is 11.1 Å². The maximum absolute atomic E-state index is 5.79. The molecule has 3 heteroatoms. The molecule has 1 aromatic heterocycles. The van der Waals surface area contributed by atoms with Crippen molar-refractivity contribution in [2.45, 2.75) is 19.8 Å². The molecule has 0 radical (unpaired) electrons.